The van der Waals surface area contributed by atoms with Gasteiger partial charge in [0.25, 0.3) is 0 Å². The lowest BCUT2D eigenvalue weighted by atomic mass is 10.1. The third-order valence-corrected chi connectivity index (χ3v) is 2.14. The summed E-state index contributed by atoms with van der Waals surface area (Å²) in [5, 5.41) is 9.80. The maximum absolute atomic E-state index is 9.80. The predicted octanol–water partition coefficient (Wildman–Crippen LogP) is 0.964. The molecule has 0 saturated carbocycles. The van der Waals surface area contributed by atoms with Gasteiger partial charge >= 0.3 is 0 Å². The van der Waals surface area contributed by atoms with E-state index in [0.717, 1.165) is 18.1 Å². The van der Waals surface area contributed by atoms with Gasteiger partial charge in [0.1, 0.15) is 5.82 Å². The number of likely N-dealkylation sites (N-methyl/N-ethyl adjacent to an activating group) is 1. The van der Waals surface area contributed by atoms with Gasteiger partial charge in [-0.1, -0.05) is 0 Å². The first-order valence-corrected chi connectivity index (χ1v) is 5.40. The summed E-state index contributed by atoms with van der Waals surface area (Å²) in [6.07, 6.45) is 0. The van der Waals surface area contributed by atoms with E-state index in [1.807, 2.05) is 24.8 Å². The van der Waals surface area contributed by atoms with Crippen LogP contribution in [0, 0.1) is 6.92 Å². The van der Waals surface area contributed by atoms with Crippen molar-refractivity contribution >= 4 is 11.8 Å². The molecule has 0 aliphatic rings. The first kappa shape index (κ1) is 12.7. The molecule has 1 aromatic rings. The number of anilines is 2. The molecule has 0 fully saturated rings. The molecule has 0 aliphatic heterocycles. The highest BCUT2D eigenvalue weighted by atomic mass is 16.3. The van der Waals surface area contributed by atoms with Crippen LogP contribution in [0.5, 0.6) is 0 Å². The van der Waals surface area contributed by atoms with Gasteiger partial charge in [-0.3, -0.25) is 0 Å². The zero-order chi connectivity index (χ0) is 12.3. The minimum absolute atomic E-state index is 0.268. The number of nitrogens with two attached hydrogens (primary N) is 1. The van der Waals surface area contributed by atoms with Crippen LogP contribution in [-0.2, 0) is 0 Å². The third-order valence-electron chi connectivity index (χ3n) is 2.14. The zero-order valence-corrected chi connectivity index (χ0v) is 10.4. The monoisotopic (exact) mass is 224 g/mol. The van der Waals surface area contributed by atoms with Gasteiger partial charge in [-0.05, 0) is 27.7 Å². The van der Waals surface area contributed by atoms with Gasteiger partial charge in [0, 0.05) is 24.8 Å². The molecule has 0 amide bonds. The molecule has 0 unspecified atom stereocenters. The van der Waals surface area contributed by atoms with E-state index < -0.39 is 5.60 Å². The topological polar surface area (TPSA) is 75.3 Å². The zero-order valence-electron chi connectivity index (χ0n) is 10.4. The lowest BCUT2D eigenvalue weighted by molar-refractivity contribution is 0.0874. The minimum atomic E-state index is -0.760. The lowest BCUT2D eigenvalue weighted by Gasteiger charge is -2.29. The van der Waals surface area contributed by atoms with Crippen molar-refractivity contribution in [2.45, 2.75) is 33.3 Å². The van der Waals surface area contributed by atoms with Crippen LogP contribution in [0.3, 0.4) is 0 Å². The Kier molecular flexibility index (Phi) is 3.70. The highest BCUT2D eigenvalue weighted by molar-refractivity contribution is 5.43. The summed E-state index contributed by atoms with van der Waals surface area (Å²) >= 11 is 0. The van der Waals surface area contributed by atoms with E-state index >= 15 is 0 Å². The van der Waals surface area contributed by atoms with E-state index in [0.29, 0.717) is 6.54 Å². The summed E-state index contributed by atoms with van der Waals surface area (Å²) < 4.78 is 0. The third kappa shape index (κ3) is 3.66. The molecule has 0 saturated heterocycles. The van der Waals surface area contributed by atoms with Gasteiger partial charge in [-0.15, -0.1) is 0 Å². The van der Waals surface area contributed by atoms with Gasteiger partial charge in [-0.2, -0.15) is 4.98 Å². The second kappa shape index (κ2) is 4.65. The van der Waals surface area contributed by atoms with Gasteiger partial charge in [0.15, 0.2) is 0 Å². The smallest absolute Gasteiger partial charge is 0.222 e. The summed E-state index contributed by atoms with van der Waals surface area (Å²) in [6.45, 7) is 8.71. The van der Waals surface area contributed by atoms with Gasteiger partial charge in [-0.25, -0.2) is 4.98 Å². The fraction of sp³-hybridized carbons (Fsp3) is 0.636. The first-order valence-electron chi connectivity index (χ1n) is 5.40. The number of hydrogen-bond donors (Lipinski definition) is 2. The van der Waals surface area contributed by atoms with Crippen molar-refractivity contribution in [1.29, 1.82) is 0 Å². The van der Waals surface area contributed by atoms with Crippen molar-refractivity contribution < 1.29 is 5.11 Å². The second-order valence-electron chi connectivity index (χ2n) is 4.55. The second-order valence-corrected chi connectivity index (χ2v) is 4.55. The van der Waals surface area contributed by atoms with E-state index in [1.165, 1.54) is 0 Å². The van der Waals surface area contributed by atoms with Crippen LogP contribution >= 0.6 is 0 Å². The molecule has 3 N–H and O–H groups in total. The summed E-state index contributed by atoms with van der Waals surface area (Å²) in [5.41, 5.74) is 5.67. The minimum Gasteiger partial charge on any atom is -0.389 e. The number of hydrogen-bond acceptors (Lipinski definition) is 5. The molecule has 1 rings (SSSR count). The summed E-state index contributed by atoms with van der Waals surface area (Å²) in [5.74, 6) is 1.03. The van der Waals surface area contributed by atoms with E-state index in [9.17, 15) is 5.11 Å². The largest absolute Gasteiger partial charge is 0.389 e. The Morgan fingerprint density at radius 2 is 2.06 bits per heavy atom. The Morgan fingerprint density at radius 1 is 1.44 bits per heavy atom. The normalized spacial score (nSPS) is 11.6. The van der Waals surface area contributed by atoms with Crippen LogP contribution in [0.15, 0.2) is 6.07 Å². The molecule has 16 heavy (non-hydrogen) atoms. The van der Waals surface area contributed by atoms with E-state index in [-0.39, 0.29) is 5.95 Å². The number of nitrogens with zero attached hydrogens (tertiary/aromatic N) is 3. The molecule has 0 bridgehead atoms. The molecular formula is C11H20N4O. The predicted molar refractivity (Wildman–Crippen MR) is 65.4 cm³/mol. The lowest BCUT2D eigenvalue weighted by Crippen LogP contribution is -2.39. The Morgan fingerprint density at radius 3 is 2.50 bits per heavy atom. The highest BCUT2D eigenvalue weighted by Gasteiger charge is 2.18. The fourth-order valence-corrected chi connectivity index (χ4v) is 1.56. The quantitative estimate of drug-likeness (QED) is 0.797. The maximum atomic E-state index is 9.80. The molecule has 0 spiro atoms. The van der Waals surface area contributed by atoms with Crippen LogP contribution in [0.4, 0.5) is 11.8 Å². The summed E-state index contributed by atoms with van der Waals surface area (Å²) in [7, 11) is 0. The van der Waals surface area contributed by atoms with Gasteiger partial charge < -0.3 is 15.7 Å². The molecule has 0 aromatic carbocycles. The van der Waals surface area contributed by atoms with E-state index in [2.05, 4.69) is 9.97 Å². The van der Waals surface area contributed by atoms with Crippen LogP contribution in [-0.4, -0.2) is 33.8 Å². The van der Waals surface area contributed by atoms with Crippen molar-refractivity contribution in [2.24, 2.45) is 0 Å². The van der Waals surface area contributed by atoms with Gasteiger partial charge in [0.05, 0.1) is 5.60 Å². The molecule has 0 aliphatic carbocycles. The average Bonchev–Trinajstić information content (AvgIpc) is 2.11. The number of aliphatic hydroxyl groups is 1. The summed E-state index contributed by atoms with van der Waals surface area (Å²) in [4.78, 5) is 10.2. The Hall–Kier alpha value is -1.36. The van der Waals surface area contributed by atoms with Crippen LogP contribution < -0.4 is 10.6 Å². The molecular weight excluding hydrogens is 204 g/mol. The van der Waals surface area contributed by atoms with Gasteiger partial charge in [0.2, 0.25) is 5.95 Å². The highest BCUT2D eigenvalue weighted by Crippen LogP contribution is 2.16. The van der Waals surface area contributed by atoms with Crippen molar-refractivity contribution in [1.82, 2.24) is 9.97 Å². The SMILES string of the molecule is CCN(CC(C)(C)O)c1cc(C)nc(N)n1. The molecule has 90 valence electrons. The average molecular weight is 224 g/mol. The molecule has 1 aromatic heterocycles. The number of rotatable bonds is 4. The standard InChI is InChI=1S/C11H20N4O/c1-5-15(7-11(3,4)16)9-6-8(2)13-10(12)14-9/h6,16H,5,7H2,1-4H3,(H2,12,13,14). The maximum Gasteiger partial charge on any atom is 0.222 e. The Labute approximate surface area is 96.3 Å². The van der Waals surface area contributed by atoms with Crippen molar-refractivity contribution in [3.63, 3.8) is 0 Å². The van der Waals surface area contributed by atoms with E-state index in [4.69, 9.17) is 5.73 Å². The molecule has 5 heteroatoms. The molecule has 1 heterocycles. The summed E-state index contributed by atoms with van der Waals surface area (Å²) in [6, 6.07) is 1.87. The molecule has 5 nitrogen and oxygen atoms in total. The van der Waals surface area contributed by atoms with Crippen LogP contribution in [0.2, 0.25) is 0 Å². The van der Waals surface area contributed by atoms with Crippen LogP contribution in [0.25, 0.3) is 0 Å². The molecule has 0 atom stereocenters. The van der Waals surface area contributed by atoms with E-state index in [1.54, 1.807) is 13.8 Å². The van der Waals surface area contributed by atoms with Crippen molar-refractivity contribution in [3.8, 4) is 0 Å². The Balaban J connectivity index is 2.95. The number of aryl methyl sites for hydroxylation is 1. The van der Waals surface area contributed by atoms with Crippen molar-refractivity contribution in [3.05, 3.63) is 11.8 Å². The first-order chi connectivity index (χ1) is 7.31. The van der Waals surface area contributed by atoms with Crippen LogP contribution in [0.1, 0.15) is 26.5 Å². The fourth-order valence-electron chi connectivity index (χ4n) is 1.56. The Bertz CT molecular complexity index is 339. The number of nitrogen functional groups attached to an aromatic ring is 1. The molecule has 0 radical (unpaired) electrons. The number of aromatic nitrogens is 2. The van der Waals surface area contributed by atoms with Crippen molar-refractivity contribution in [2.75, 3.05) is 23.7 Å².